The van der Waals surface area contributed by atoms with Crippen LogP contribution >= 0.6 is 0 Å². The van der Waals surface area contributed by atoms with E-state index in [9.17, 15) is 14.4 Å². The normalized spacial score (nSPS) is 19.1. The van der Waals surface area contributed by atoms with E-state index in [1.54, 1.807) is 7.11 Å². The highest BCUT2D eigenvalue weighted by molar-refractivity contribution is 6.18. The van der Waals surface area contributed by atoms with E-state index in [0.717, 1.165) is 4.90 Å². The highest BCUT2D eigenvalue weighted by atomic mass is 16.5. The van der Waals surface area contributed by atoms with Crippen molar-refractivity contribution in [3.8, 4) is 0 Å². The topological polar surface area (TPSA) is 84.9 Å². The minimum absolute atomic E-state index is 0.116. The molecule has 0 bridgehead atoms. The van der Waals surface area contributed by atoms with Crippen molar-refractivity contribution in [3.63, 3.8) is 0 Å². The largest absolute Gasteiger partial charge is 0.382 e. The molecule has 0 aromatic rings. The number of methoxy groups -OCH3 is 1. The second-order valence-electron chi connectivity index (χ2n) is 4.45. The number of carbonyl (C=O) groups excluding carboxylic acids is 3. The first kappa shape index (κ1) is 14.6. The Morgan fingerprint density at radius 1 is 1.17 bits per heavy atom. The summed E-state index contributed by atoms with van der Waals surface area (Å²) in [5.41, 5.74) is -1.22. The number of urea groups is 1. The molecule has 1 fully saturated rings. The van der Waals surface area contributed by atoms with Crippen LogP contribution in [0, 0.1) is 5.41 Å². The van der Waals surface area contributed by atoms with Gasteiger partial charge in [-0.15, -0.1) is 0 Å². The number of imide groups is 2. The van der Waals surface area contributed by atoms with Gasteiger partial charge in [-0.3, -0.25) is 19.8 Å². The average molecular weight is 258 g/mol. The molecule has 102 valence electrons. The molecule has 0 aromatic heterocycles. The Morgan fingerprint density at radius 2 is 1.83 bits per heavy atom. The summed E-state index contributed by atoms with van der Waals surface area (Å²) in [7, 11) is 1.55. The van der Waals surface area contributed by atoms with Crippen LogP contribution < -0.4 is 5.32 Å². The van der Waals surface area contributed by atoms with Crippen LogP contribution in [0.1, 0.15) is 13.8 Å². The van der Waals surface area contributed by atoms with Gasteiger partial charge in [-0.05, 0) is 13.8 Å². The Kier molecular flexibility index (Phi) is 4.80. The van der Waals surface area contributed by atoms with Gasteiger partial charge in [0.15, 0.2) is 0 Å². The fourth-order valence-corrected chi connectivity index (χ4v) is 1.45. The lowest BCUT2D eigenvalue weighted by atomic mass is 9.89. The molecule has 7 nitrogen and oxygen atoms in total. The van der Waals surface area contributed by atoms with E-state index < -0.39 is 23.3 Å². The SMILES string of the molecule is COCCOCCN1C(=O)NC(=O)C(C)(C)C1=O. The van der Waals surface area contributed by atoms with Crippen LogP contribution in [0.15, 0.2) is 0 Å². The molecule has 1 saturated heterocycles. The van der Waals surface area contributed by atoms with E-state index in [2.05, 4.69) is 5.32 Å². The highest BCUT2D eigenvalue weighted by Crippen LogP contribution is 2.22. The van der Waals surface area contributed by atoms with Gasteiger partial charge in [-0.1, -0.05) is 0 Å². The molecule has 7 heteroatoms. The Hall–Kier alpha value is -1.47. The maximum Gasteiger partial charge on any atom is 0.330 e. The number of carbonyl (C=O) groups is 3. The lowest BCUT2D eigenvalue weighted by Gasteiger charge is -2.34. The molecule has 1 heterocycles. The quantitative estimate of drug-likeness (QED) is 0.524. The second-order valence-corrected chi connectivity index (χ2v) is 4.45. The Morgan fingerprint density at radius 3 is 2.44 bits per heavy atom. The van der Waals surface area contributed by atoms with E-state index in [0.29, 0.717) is 13.2 Å². The van der Waals surface area contributed by atoms with Gasteiger partial charge < -0.3 is 9.47 Å². The molecule has 1 aliphatic heterocycles. The van der Waals surface area contributed by atoms with Gasteiger partial charge in [-0.25, -0.2) is 4.79 Å². The number of hydrogen-bond donors (Lipinski definition) is 1. The third-order valence-electron chi connectivity index (χ3n) is 2.70. The molecule has 0 unspecified atom stereocenters. The van der Waals surface area contributed by atoms with E-state index in [1.165, 1.54) is 13.8 Å². The molecule has 1 N–H and O–H groups in total. The first-order valence-electron chi connectivity index (χ1n) is 5.65. The fourth-order valence-electron chi connectivity index (χ4n) is 1.45. The van der Waals surface area contributed by atoms with Crippen LogP contribution in [-0.2, 0) is 19.1 Å². The van der Waals surface area contributed by atoms with Crippen molar-refractivity contribution in [3.05, 3.63) is 0 Å². The molecule has 0 spiro atoms. The molecule has 0 saturated carbocycles. The standard InChI is InChI=1S/C11H18N2O5/c1-11(2)8(14)12-10(16)13(9(11)15)4-5-18-7-6-17-3/h4-7H2,1-3H3,(H,12,14,16). The molecule has 0 aliphatic carbocycles. The summed E-state index contributed by atoms with van der Waals surface area (Å²) in [5, 5.41) is 2.15. The van der Waals surface area contributed by atoms with Crippen molar-refractivity contribution in [2.75, 3.05) is 33.5 Å². The summed E-state index contributed by atoms with van der Waals surface area (Å²) < 4.78 is 9.98. The smallest absolute Gasteiger partial charge is 0.330 e. The van der Waals surface area contributed by atoms with Crippen molar-refractivity contribution < 1.29 is 23.9 Å². The number of rotatable bonds is 6. The zero-order valence-corrected chi connectivity index (χ0v) is 10.8. The van der Waals surface area contributed by atoms with E-state index in [-0.39, 0.29) is 13.2 Å². The van der Waals surface area contributed by atoms with Gasteiger partial charge >= 0.3 is 6.03 Å². The van der Waals surface area contributed by atoms with Crippen LogP contribution in [0.4, 0.5) is 4.79 Å². The predicted molar refractivity (Wildman–Crippen MR) is 61.7 cm³/mol. The summed E-state index contributed by atoms with van der Waals surface area (Å²) in [4.78, 5) is 35.9. The first-order chi connectivity index (χ1) is 8.41. The summed E-state index contributed by atoms with van der Waals surface area (Å²) >= 11 is 0. The van der Waals surface area contributed by atoms with Crippen molar-refractivity contribution in [2.24, 2.45) is 5.41 Å². The van der Waals surface area contributed by atoms with E-state index >= 15 is 0 Å². The number of ether oxygens (including phenoxy) is 2. The van der Waals surface area contributed by atoms with Gasteiger partial charge in [0, 0.05) is 7.11 Å². The maximum absolute atomic E-state index is 12.0. The molecule has 0 aromatic carbocycles. The summed E-state index contributed by atoms with van der Waals surface area (Å²) in [5.74, 6) is -1.08. The first-order valence-corrected chi connectivity index (χ1v) is 5.65. The molecule has 0 radical (unpaired) electrons. The van der Waals surface area contributed by atoms with E-state index in [1.807, 2.05) is 0 Å². The van der Waals surface area contributed by atoms with Crippen LogP contribution in [0.5, 0.6) is 0 Å². The van der Waals surface area contributed by atoms with E-state index in [4.69, 9.17) is 9.47 Å². The number of barbiturate groups is 1. The third kappa shape index (κ3) is 3.05. The van der Waals surface area contributed by atoms with Gasteiger partial charge in [0.2, 0.25) is 11.8 Å². The minimum atomic E-state index is -1.22. The minimum Gasteiger partial charge on any atom is -0.382 e. The van der Waals surface area contributed by atoms with Gasteiger partial charge in [0.1, 0.15) is 5.41 Å². The second kappa shape index (κ2) is 5.92. The van der Waals surface area contributed by atoms with Crippen molar-refractivity contribution in [2.45, 2.75) is 13.8 Å². The third-order valence-corrected chi connectivity index (χ3v) is 2.70. The van der Waals surface area contributed by atoms with Crippen LogP contribution in [0.25, 0.3) is 0 Å². The van der Waals surface area contributed by atoms with Crippen LogP contribution in [0.3, 0.4) is 0 Å². The number of hydrogen-bond acceptors (Lipinski definition) is 5. The molecule has 18 heavy (non-hydrogen) atoms. The molecule has 1 aliphatic rings. The Labute approximate surface area is 105 Å². The summed E-state index contributed by atoms with van der Waals surface area (Å²) in [6.07, 6.45) is 0. The molecule has 0 atom stereocenters. The fraction of sp³-hybridized carbons (Fsp3) is 0.727. The van der Waals surface area contributed by atoms with Gasteiger partial charge in [0.25, 0.3) is 0 Å². The van der Waals surface area contributed by atoms with Gasteiger partial charge in [0.05, 0.1) is 26.4 Å². The van der Waals surface area contributed by atoms with Crippen molar-refractivity contribution >= 4 is 17.8 Å². The molecule has 1 rings (SSSR count). The summed E-state index contributed by atoms with van der Waals surface area (Å²) in [6, 6.07) is -0.695. The maximum atomic E-state index is 12.0. The summed E-state index contributed by atoms with van der Waals surface area (Å²) in [6.45, 7) is 4.14. The van der Waals surface area contributed by atoms with Gasteiger partial charge in [-0.2, -0.15) is 0 Å². The Balaban J connectivity index is 2.51. The number of amides is 4. The van der Waals surface area contributed by atoms with Crippen molar-refractivity contribution in [1.82, 2.24) is 10.2 Å². The van der Waals surface area contributed by atoms with Crippen LogP contribution in [-0.4, -0.2) is 56.2 Å². The van der Waals surface area contributed by atoms with Crippen molar-refractivity contribution in [1.29, 1.82) is 0 Å². The molecule has 4 amide bonds. The number of nitrogens with zero attached hydrogens (tertiary/aromatic N) is 1. The predicted octanol–water partition coefficient (Wildman–Crippen LogP) is -0.246. The van der Waals surface area contributed by atoms with Crippen LogP contribution in [0.2, 0.25) is 0 Å². The molecular formula is C11H18N2O5. The number of nitrogens with one attached hydrogen (secondary N) is 1. The zero-order valence-electron chi connectivity index (χ0n) is 10.8. The Bertz CT molecular complexity index is 353. The lowest BCUT2D eigenvalue weighted by molar-refractivity contribution is -0.149. The zero-order chi connectivity index (χ0) is 13.8. The monoisotopic (exact) mass is 258 g/mol. The average Bonchev–Trinajstić information content (AvgIpc) is 2.31. The highest BCUT2D eigenvalue weighted by Gasteiger charge is 2.46. The lowest BCUT2D eigenvalue weighted by Crippen LogP contribution is -2.62. The molecular weight excluding hydrogens is 240 g/mol.